The monoisotopic (exact) mass is 1290 g/mol. The van der Waals surface area contributed by atoms with Crippen LogP contribution in [0.15, 0.2) is 23.3 Å². The number of carboxylic acid groups (broad SMARTS) is 1. The highest BCUT2D eigenvalue weighted by atomic mass is 16.8. The maximum atomic E-state index is 14.0. The molecule has 9 aliphatic rings. The van der Waals surface area contributed by atoms with Crippen LogP contribution in [0.2, 0.25) is 0 Å². The van der Waals surface area contributed by atoms with Gasteiger partial charge in [0.2, 0.25) is 0 Å². The average Bonchev–Trinajstić information content (AvgIpc) is 0.663. The molecule has 27 nitrogen and oxygen atoms in total. The largest absolute Gasteiger partial charge is 0.479 e. The van der Waals surface area contributed by atoms with E-state index in [-0.39, 0.29) is 24.7 Å². The zero-order valence-corrected chi connectivity index (χ0v) is 53.5. The number of allylic oxidation sites excluding steroid dienone is 2. The maximum absolute atomic E-state index is 14.0. The van der Waals surface area contributed by atoms with Crippen LogP contribution in [0.25, 0.3) is 0 Å². The van der Waals surface area contributed by atoms with Crippen LogP contribution in [0.5, 0.6) is 0 Å². The predicted octanol–water partition coefficient (Wildman–Crippen LogP) is -0.806. The molecular formula is C63H100O27. The lowest BCUT2D eigenvalue weighted by Gasteiger charge is -2.73. The van der Waals surface area contributed by atoms with E-state index in [1.807, 2.05) is 41.5 Å². The highest BCUT2D eigenvalue weighted by Gasteiger charge is 2.77. The van der Waals surface area contributed by atoms with Crippen LogP contribution in [0.1, 0.15) is 128 Å². The van der Waals surface area contributed by atoms with Gasteiger partial charge in [0.15, 0.2) is 37.4 Å². The van der Waals surface area contributed by atoms with Gasteiger partial charge in [-0.05, 0) is 99.7 Å². The molecule has 0 spiro atoms. The van der Waals surface area contributed by atoms with E-state index < -0.39 is 229 Å². The van der Waals surface area contributed by atoms with Crippen molar-refractivity contribution in [2.45, 2.75) is 275 Å². The van der Waals surface area contributed by atoms with E-state index in [1.54, 1.807) is 26.8 Å². The van der Waals surface area contributed by atoms with E-state index in [9.17, 15) is 85.9 Å². The van der Waals surface area contributed by atoms with Gasteiger partial charge >= 0.3 is 17.9 Å². The lowest BCUT2D eigenvalue weighted by molar-refractivity contribution is -0.401. The predicted molar refractivity (Wildman–Crippen MR) is 308 cm³/mol. The molecule has 32 atom stereocenters. The smallest absolute Gasteiger partial charge is 0.335 e. The van der Waals surface area contributed by atoms with Gasteiger partial charge in [-0.15, -0.1) is 0 Å². The summed E-state index contributed by atoms with van der Waals surface area (Å²) in [5.74, 6) is -4.64. The number of carboxylic acids is 1. The van der Waals surface area contributed by atoms with Gasteiger partial charge in [-0.25, -0.2) is 9.59 Å². The van der Waals surface area contributed by atoms with Crippen molar-refractivity contribution in [1.82, 2.24) is 0 Å². The number of aliphatic hydroxyl groups is 13. The summed E-state index contributed by atoms with van der Waals surface area (Å²) < 4.78 is 61.7. The zero-order valence-electron chi connectivity index (χ0n) is 53.5. The second-order valence-corrected chi connectivity index (χ2v) is 29.2. The first-order valence-corrected chi connectivity index (χ1v) is 31.9. The minimum atomic E-state index is -2.24. The number of carbonyl (C=O) groups is 3. The van der Waals surface area contributed by atoms with E-state index in [0.717, 1.165) is 5.57 Å². The minimum absolute atomic E-state index is 0.192. The Morgan fingerprint density at radius 3 is 1.92 bits per heavy atom. The molecule has 4 saturated heterocycles. The Morgan fingerprint density at radius 2 is 1.31 bits per heavy atom. The Morgan fingerprint density at radius 1 is 0.689 bits per heavy atom. The molecule has 0 aromatic rings. The summed E-state index contributed by atoms with van der Waals surface area (Å²) >= 11 is 0. The first-order chi connectivity index (χ1) is 42.0. The van der Waals surface area contributed by atoms with Gasteiger partial charge in [-0.1, -0.05) is 80.0 Å². The van der Waals surface area contributed by atoms with Crippen LogP contribution in [0, 0.1) is 56.2 Å². The fourth-order valence-electron chi connectivity index (χ4n) is 17.6. The van der Waals surface area contributed by atoms with Crippen molar-refractivity contribution in [3.8, 4) is 0 Å². The molecule has 0 aromatic carbocycles. The Kier molecular flexibility index (Phi) is 20.8. The standard InChI is InChI=1S/C63H100O27/c1-13-25(3)52(79)89-49-50(90-53(80)26(4)14-2)63(24-65)29(21-58(49,6)7)28-15-16-33-60(10)19-18-34(59(8,9)32(60)17-20-61(33,11)62(28,12)47(75)48(63)76)84-57-46(88-55-41(73)39(71)37(69)31(22-64)83-55)43(42(74)44(86-57)51(77)78)85-56-45(36(68)30(66)23-81-56)87-54-40(72)38(70)35(67)27(5)82-54/h13,15,26-27,29-50,54-57,64-76H,14,16-24H2,1-12H3,(H,77,78)/b25-13-/t26?,27-,29-,30-,31+,32-,33+,34-,35-,36-,37-,38+,39-,40+,41+,42-,43-,44-,45+,46+,47-,48+,49-,50-,54-,55-,56-,57+,60-,61+,62-,63-/m0/s1. The van der Waals surface area contributed by atoms with Crippen molar-refractivity contribution < 1.29 is 133 Å². The number of rotatable bonds is 16. The van der Waals surface area contributed by atoms with Gasteiger partial charge in [0.25, 0.3) is 0 Å². The second kappa shape index (κ2) is 26.2. The van der Waals surface area contributed by atoms with Gasteiger partial charge < -0.3 is 119 Å². The third-order valence-corrected chi connectivity index (χ3v) is 23.7. The highest BCUT2D eigenvalue weighted by molar-refractivity contribution is 5.88. The summed E-state index contributed by atoms with van der Waals surface area (Å²) in [6.45, 7) is 20.1. The normalized spacial score (nSPS) is 50.4. The molecule has 0 amide bonds. The molecule has 9 rings (SSSR count). The Labute approximate surface area is 524 Å². The van der Waals surface area contributed by atoms with Crippen LogP contribution in [-0.2, 0) is 61.8 Å². The molecular weight excluding hydrogens is 1190 g/mol. The van der Waals surface area contributed by atoms with E-state index in [4.69, 9.17) is 47.4 Å². The minimum Gasteiger partial charge on any atom is -0.479 e. The van der Waals surface area contributed by atoms with E-state index in [1.165, 1.54) is 6.92 Å². The van der Waals surface area contributed by atoms with Crippen LogP contribution in [0.3, 0.4) is 0 Å². The molecule has 8 fully saturated rings. The zero-order chi connectivity index (χ0) is 66.6. The molecule has 1 unspecified atom stereocenters. The quantitative estimate of drug-likeness (QED) is 0.0389. The topological polar surface area (TPSA) is 427 Å². The van der Waals surface area contributed by atoms with Crippen LogP contribution in [-0.4, -0.2) is 256 Å². The van der Waals surface area contributed by atoms with Crippen molar-refractivity contribution >= 4 is 17.9 Å². The van der Waals surface area contributed by atoms with Crippen molar-refractivity contribution in [3.63, 3.8) is 0 Å². The lowest BCUT2D eigenvalue weighted by atomic mass is 9.32. The summed E-state index contributed by atoms with van der Waals surface area (Å²) in [6, 6.07) is 0. The van der Waals surface area contributed by atoms with Crippen molar-refractivity contribution in [1.29, 1.82) is 0 Å². The molecule has 27 heteroatoms. The van der Waals surface area contributed by atoms with Crippen molar-refractivity contribution in [2.75, 3.05) is 19.8 Å². The van der Waals surface area contributed by atoms with Crippen LogP contribution < -0.4 is 0 Å². The Bertz CT molecular complexity index is 2640. The highest BCUT2D eigenvalue weighted by Crippen LogP contribution is 2.76. The number of fused-ring (bicyclic) bond motifs is 7. The van der Waals surface area contributed by atoms with Gasteiger partial charge in [-0.3, -0.25) is 4.79 Å². The number of carbonyl (C=O) groups excluding carboxylic acids is 2. The fourth-order valence-corrected chi connectivity index (χ4v) is 17.6. The number of aliphatic carboxylic acids is 1. The third-order valence-electron chi connectivity index (χ3n) is 23.7. The molecule has 0 radical (unpaired) electrons. The first kappa shape index (κ1) is 71.3. The molecule has 514 valence electrons. The van der Waals surface area contributed by atoms with Crippen molar-refractivity contribution in [2.24, 2.45) is 56.2 Å². The number of ether oxygens (including phenoxy) is 10. The Balaban J connectivity index is 1.05. The number of hydrogen-bond acceptors (Lipinski definition) is 26. The van der Waals surface area contributed by atoms with E-state index >= 15 is 0 Å². The summed E-state index contributed by atoms with van der Waals surface area (Å²) in [5.41, 5.74) is -4.86. The molecule has 5 aliphatic carbocycles. The van der Waals surface area contributed by atoms with Crippen LogP contribution >= 0.6 is 0 Å². The molecule has 4 aliphatic heterocycles. The molecule has 0 aromatic heterocycles. The maximum Gasteiger partial charge on any atom is 0.335 e. The van der Waals surface area contributed by atoms with Gasteiger partial charge in [0.05, 0.1) is 55.6 Å². The SMILES string of the molecule is C/C=C(/C)C(=O)O[C@H]1[C@H](OC(=O)C(C)CC)[C@]2(CO)[C@H](O)[C@H](O)[C@]3(C)C(=CC[C@@H]4[C@@]5(C)CC[C@H](O[C@@H]6O[C@H](C(=O)O)[C@@H](O)[C@H](O[C@@H]7OC[C@H](O)[C@H](O)[C@H]7O[C@@H]7O[C@@H](C)[C@H](O)[C@@H](O)[C@H]7O)[C@H]6O[C@@H]6O[C@H](CO)[C@H](O)[C@H](O)[C@H]6O)C(C)(C)[C@@H]5CC[C@]43C)[C@@H]2CC1(C)C. The van der Waals surface area contributed by atoms with E-state index in [2.05, 4.69) is 19.9 Å². The van der Waals surface area contributed by atoms with Crippen molar-refractivity contribution in [3.05, 3.63) is 23.3 Å². The number of hydrogen-bond donors (Lipinski definition) is 14. The lowest BCUT2D eigenvalue weighted by Crippen LogP contribution is -2.76. The van der Waals surface area contributed by atoms with Crippen LogP contribution in [0.4, 0.5) is 0 Å². The molecule has 4 heterocycles. The van der Waals surface area contributed by atoms with Gasteiger partial charge in [0, 0.05) is 16.4 Å². The second-order valence-electron chi connectivity index (χ2n) is 29.2. The van der Waals surface area contributed by atoms with Gasteiger partial charge in [0.1, 0.15) is 85.5 Å². The molecule has 14 N–H and O–H groups in total. The third kappa shape index (κ3) is 11.6. The number of esters is 2. The number of aliphatic hydroxyl groups excluding tert-OH is 13. The first-order valence-electron chi connectivity index (χ1n) is 31.9. The molecule has 0 bridgehead atoms. The summed E-state index contributed by atoms with van der Waals surface area (Å²) in [5, 5.41) is 158. The fraction of sp³-hybridized carbons (Fsp3) is 0.889. The van der Waals surface area contributed by atoms with Gasteiger partial charge in [-0.2, -0.15) is 0 Å². The molecule has 4 saturated carbocycles. The van der Waals surface area contributed by atoms with E-state index in [0.29, 0.717) is 37.7 Å². The molecule has 90 heavy (non-hydrogen) atoms. The summed E-state index contributed by atoms with van der Waals surface area (Å²) in [4.78, 5) is 40.9. The summed E-state index contributed by atoms with van der Waals surface area (Å²) in [6.07, 6.45) is -35.3. The average molecular weight is 1290 g/mol. The summed E-state index contributed by atoms with van der Waals surface area (Å²) in [7, 11) is 0. The Hall–Kier alpha value is -2.95.